The summed E-state index contributed by atoms with van der Waals surface area (Å²) in [5, 5.41) is 11.6. The summed E-state index contributed by atoms with van der Waals surface area (Å²) in [5.41, 5.74) is 2.27. The number of amides is 1. The highest BCUT2D eigenvalue weighted by Crippen LogP contribution is 2.40. The second-order valence-electron chi connectivity index (χ2n) is 10.2. The lowest BCUT2D eigenvalue weighted by Gasteiger charge is -2.31. The largest absolute Gasteiger partial charge is 0.507 e. The second-order valence-corrected chi connectivity index (χ2v) is 10.6. The molecule has 0 saturated carbocycles. The summed E-state index contributed by atoms with van der Waals surface area (Å²) in [5.74, 6) is -1.12. The van der Waals surface area contributed by atoms with Crippen molar-refractivity contribution in [3.8, 4) is 5.75 Å². The molecule has 4 rings (SSSR count). The molecule has 2 heterocycles. The molecule has 2 aliphatic rings. The number of morpholine rings is 1. The van der Waals surface area contributed by atoms with E-state index in [1.54, 1.807) is 17.0 Å². The van der Waals surface area contributed by atoms with Crippen LogP contribution in [0.5, 0.6) is 5.75 Å². The van der Waals surface area contributed by atoms with Crippen molar-refractivity contribution in [2.45, 2.75) is 32.2 Å². The summed E-state index contributed by atoms with van der Waals surface area (Å²) >= 11 is 6.29. The normalized spacial score (nSPS) is 20.7. The number of ether oxygens (including phenoxy) is 2. The van der Waals surface area contributed by atoms with Crippen LogP contribution in [-0.2, 0) is 19.7 Å². The molecule has 2 aromatic rings. The van der Waals surface area contributed by atoms with Crippen LogP contribution in [0, 0.1) is 0 Å². The fraction of sp³-hybridized carbons (Fsp3) is 0.429. The van der Waals surface area contributed by atoms with Gasteiger partial charge in [0.1, 0.15) is 11.5 Å². The molecule has 0 spiro atoms. The molecule has 0 unspecified atom stereocenters. The molecule has 1 amide bonds. The van der Waals surface area contributed by atoms with Gasteiger partial charge in [0.25, 0.3) is 11.7 Å². The standard InChI is InChI=1S/C28H33ClN2O5/c1-28(2,3)20-8-5-18(6-9-20)24-23(25(32)19-7-10-22(35-4)21(29)17-19)26(33)27(34)31(24)12-11-30-13-15-36-16-14-30/h5-10,17,24,32H,11-16H2,1-4H3/t24-/m0/s1. The van der Waals surface area contributed by atoms with E-state index >= 15 is 0 Å². The molecule has 2 saturated heterocycles. The van der Waals surface area contributed by atoms with E-state index in [1.165, 1.54) is 13.2 Å². The number of Topliss-reactive ketones (excluding diaryl/α,β-unsaturated/α-hetero) is 1. The monoisotopic (exact) mass is 512 g/mol. The molecule has 0 aromatic heterocycles. The van der Waals surface area contributed by atoms with Crippen molar-refractivity contribution < 1.29 is 24.2 Å². The van der Waals surface area contributed by atoms with Crippen LogP contribution in [0.1, 0.15) is 43.5 Å². The third-order valence-electron chi connectivity index (χ3n) is 6.82. The molecule has 8 heteroatoms. The molecular weight excluding hydrogens is 480 g/mol. The van der Waals surface area contributed by atoms with Gasteiger partial charge in [-0.1, -0.05) is 56.6 Å². The van der Waals surface area contributed by atoms with Crippen LogP contribution in [0.3, 0.4) is 0 Å². The number of carbonyl (C=O) groups is 2. The molecule has 2 fully saturated rings. The molecule has 192 valence electrons. The number of halogens is 1. The highest BCUT2D eigenvalue weighted by atomic mass is 35.5. The Labute approximate surface area is 217 Å². The maximum absolute atomic E-state index is 13.3. The van der Waals surface area contributed by atoms with Gasteiger partial charge in [-0.2, -0.15) is 0 Å². The molecule has 7 nitrogen and oxygen atoms in total. The molecule has 0 radical (unpaired) electrons. The topological polar surface area (TPSA) is 79.3 Å². The van der Waals surface area contributed by atoms with Crippen molar-refractivity contribution in [3.63, 3.8) is 0 Å². The number of nitrogens with zero attached hydrogens (tertiary/aromatic N) is 2. The Balaban J connectivity index is 1.76. The number of carbonyl (C=O) groups excluding carboxylic acids is 2. The molecule has 0 aliphatic carbocycles. The summed E-state index contributed by atoms with van der Waals surface area (Å²) in [6, 6.07) is 12.0. The quantitative estimate of drug-likeness (QED) is 0.351. The third kappa shape index (κ3) is 5.28. The lowest BCUT2D eigenvalue weighted by molar-refractivity contribution is -0.140. The lowest BCUT2D eigenvalue weighted by Crippen LogP contribution is -2.42. The van der Waals surface area contributed by atoms with Crippen LogP contribution in [-0.4, -0.2) is 73.1 Å². The van der Waals surface area contributed by atoms with Crippen LogP contribution in [0.25, 0.3) is 5.76 Å². The van der Waals surface area contributed by atoms with E-state index < -0.39 is 17.7 Å². The number of hydrogen-bond donors (Lipinski definition) is 1. The number of methoxy groups -OCH3 is 1. The van der Waals surface area contributed by atoms with Gasteiger partial charge in [0.2, 0.25) is 0 Å². The zero-order chi connectivity index (χ0) is 26.0. The van der Waals surface area contributed by atoms with Crippen LogP contribution in [0.15, 0.2) is 48.0 Å². The smallest absolute Gasteiger partial charge is 0.295 e. The minimum Gasteiger partial charge on any atom is -0.507 e. The van der Waals surface area contributed by atoms with Gasteiger partial charge in [-0.15, -0.1) is 0 Å². The number of ketones is 1. The van der Waals surface area contributed by atoms with Crippen LogP contribution >= 0.6 is 11.6 Å². The number of hydrogen-bond acceptors (Lipinski definition) is 6. The number of likely N-dealkylation sites (tertiary alicyclic amines) is 1. The second kappa shape index (κ2) is 10.6. The van der Waals surface area contributed by atoms with Crippen molar-refractivity contribution in [1.82, 2.24) is 9.80 Å². The molecule has 0 bridgehead atoms. The van der Waals surface area contributed by atoms with Crippen molar-refractivity contribution >= 4 is 29.1 Å². The molecule has 2 aromatic carbocycles. The van der Waals surface area contributed by atoms with E-state index in [1.807, 2.05) is 24.3 Å². The third-order valence-corrected chi connectivity index (χ3v) is 7.11. The van der Waals surface area contributed by atoms with Crippen LogP contribution in [0.2, 0.25) is 5.02 Å². The maximum atomic E-state index is 13.3. The average molecular weight is 513 g/mol. The maximum Gasteiger partial charge on any atom is 0.295 e. The van der Waals surface area contributed by atoms with Gasteiger partial charge >= 0.3 is 0 Å². The summed E-state index contributed by atoms with van der Waals surface area (Å²) in [4.78, 5) is 30.3. The van der Waals surface area contributed by atoms with Gasteiger partial charge in [0.15, 0.2) is 0 Å². The van der Waals surface area contributed by atoms with Gasteiger partial charge in [0, 0.05) is 31.7 Å². The highest BCUT2D eigenvalue weighted by Gasteiger charge is 2.46. The Morgan fingerprint density at radius 1 is 1.08 bits per heavy atom. The summed E-state index contributed by atoms with van der Waals surface area (Å²) in [6.07, 6.45) is 0. The van der Waals surface area contributed by atoms with Gasteiger partial charge in [-0.3, -0.25) is 14.5 Å². The van der Waals surface area contributed by atoms with Gasteiger partial charge < -0.3 is 19.5 Å². The van der Waals surface area contributed by atoms with Gasteiger partial charge in [-0.05, 0) is 34.7 Å². The summed E-state index contributed by atoms with van der Waals surface area (Å²) in [6.45, 7) is 10.2. The molecule has 1 atom stereocenters. The van der Waals surface area contributed by atoms with Crippen LogP contribution < -0.4 is 4.74 Å². The SMILES string of the molecule is COc1ccc(C(O)=C2C(=O)C(=O)N(CCN3CCOCC3)[C@H]2c2ccc(C(C)(C)C)cc2)cc1Cl. The summed E-state index contributed by atoms with van der Waals surface area (Å²) in [7, 11) is 1.50. The minimum absolute atomic E-state index is 0.0451. The molecule has 2 aliphatic heterocycles. The first-order valence-corrected chi connectivity index (χ1v) is 12.5. The highest BCUT2D eigenvalue weighted by molar-refractivity contribution is 6.46. The number of benzene rings is 2. The number of aliphatic hydroxyl groups is 1. The zero-order valence-corrected chi connectivity index (χ0v) is 22.0. The van der Waals surface area contributed by atoms with E-state index in [0.717, 1.165) is 24.2 Å². The zero-order valence-electron chi connectivity index (χ0n) is 21.2. The Bertz CT molecular complexity index is 1160. The fourth-order valence-electron chi connectivity index (χ4n) is 4.67. The Morgan fingerprint density at radius 3 is 2.33 bits per heavy atom. The predicted octanol–water partition coefficient (Wildman–Crippen LogP) is 4.40. The molecule has 36 heavy (non-hydrogen) atoms. The number of aliphatic hydroxyl groups excluding tert-OH is 1. The van der Waals surface area contributed by atoms with E-state index in [9.17, 15) is 14.7 Å². The van der Waals surface area contributed by atoms with Crippen molar-refractivity contribution in [2.24, 2.45) is 0 Å². The Morgan fingerprint density at radius 2 is 1.75 bits per heavy atom. The first kappa shape index (κ1) is 26.2. The Hall–Kier alpha value is -2.87. The van der Waals surface area contributed by atoms with Crippen molar-refractivity contribution in [3.05, 3.63) is 69.8 Å². The predicted molar refractivity (Wildman–Crippen MR) is 139 cm³/mol. The number of rotatable bonds is 6. The fourth-order valence-corrected chi connectivity index (χ4v) is 4.92. The average Bonchev–Trinajstić information content (AvgIpc) is 3.12. The van der Waals surface area contributed by atoms with Gasteiger partial charge in [0.05, 0.1) is 37.0 Å². The molecule has 1 N–H and O–H groups in total. The van der Waals surface area contributed by atoms with Crippen LogP contribution in [0.4, 0.5) is 0 Å². The van der Waals surface area contributed by atoms with E-state index in [2.05, 4.69) is 25.7 Å². The van der Waals surface area contributed by atoms with E-state index in [0.29, 0.717) is 42.6 Å². The Kier molecular flexibility index (Phi) is 7.73. The summed E-state index contributed by atoms with van der Waals surface area (Å²) < 4.78 is 10.6. The van der Waals surface area contributed by atoms with Gasteiger partial charge in [-0.25, -0.2) is 0 Å². The molecular formula is C28H33ClN2O5. The van der Waals surface area contributed by atoms with Crippen molar-refractivity contribution in [1.29, 1.82) is 0 Å². The first-order chi connectivity index (χ1) is 17.1. The minimum atomic E-state index is -0.707. The van der Waals surface area contributed by atoms with Crippen molar-refractivity contribution in [2.75, 3.05) is 46.5 Å². The van der Waals surface area contributed by atoms with E-state index in [-0.39, 0.29) is 16.7 Å². The lowest BCUT2D eigenvalue weighted by atomic mass is 9.85. The first-order valence-electron chi connectivity index (χ1n) is 12.1. The van der Waals surface area contributed by atoms with E-state index in [4.69, 9.17) is 21.1 Å².